The summed E-state index contributed by atoms with van der Waals surface area (Å²) in [6.45, 7) is 7.22. The van der Waals surface area contributed by atoms with E-state index in [9.17, 15) is 4.79 Å². The fourth-order valence-corrected chi connectivity index (χ4v) is 6.38. The molecular weight excluding hydrogens is 541 g/mol. The number of carbonyl (C=O) groups is 1. The third kappa shape index (κ3) is 3.82. The van der Waals surface area contributed by atoms with E-state index in [4.69, 9.17) is 4.74 Å². The Bertz CT molecular complexity index is 1160. The molecule has 0 radical (unpaired) electrons. The number of nitrogens with zero attached hydrogens (tertiary/aromatic N) is 7. The summed E-state index contributed by atoms with van der Waals surface area (Å²) in [4.78, 5) is 26.3. The second kappa shape index (κ2) is 8.08. The normalized spacial score (nSPS) is 20.9. The SMILES string of the molecule is Cn1cc(-c2cc3c(N4CC5CCC(C4)N5C(=O)OC(C)(C)C)ncnc3n2SI)cn1. The Morgan fingerprint density at radius 2 is 1.94 bits per heavy atom. The quantitative estimate of drug-likeness (QED) is 0.438. The molecule has 0 N–H and O–H groups in total. The van der Waals surface area contributed by atoms with Crippen molar-refractivity contribution in [2.24, 2.45) is 7.05 Å². The lowest BCUT2D eigenvalue weighted by molar-refractivity contribution is 0.0123. The molecule has 2 aliphatic rings. The molecule has 170 valence electrons. The van der Waals surface area contributed by atoms with Crippen molar-refractivity contribution in [2.75, 3.05) is 18.0 Å². The Labute approximate surface area is 203 Å². The maximum Gasteiger partial charge on any atom is 0.410 e. The monoisotopic (exact) mass is 567 g/mol. The first-order valence-electron chi connectivity index (χ1n) is 10.7. The van der Waals surface area contributed by atoms with Crippen LogP contribution in [0.15, 0.2) is 24.8 Å². The Hall–Kier alpha value is -2.02. The first-order valence-corrected chi connectivity index (χ1v) is 14.0. The van der Waals surface area contributed by atoms with Crippen molar-refractivity contribution in [2.45, 2.75) is 51.3 Å². The lowest BCUT2D eigenvalue weighted by Gasteiger charge is -2.41. The van der Waals surface area contributed by atoms with Crippen LogP contribution in [0.5, 0.6) is 0 Å². The standard InChI is InChI=1S/C21H26IN7O2S/c1-21(2,3)31-20(30)28-14-5-6-15(28)11-27(10-14)18-16-7-17(13-8-25-26(4)9-13)29(32-22)19(16)24-12-23-18/h7-9,12,14-15H,5-6,10-11H2,1-4H3. The minimum Gasteiger partial charge on any atom is -0.444 e. The predicted molar refractivity (Wildman–Crippen MR) is 134 cm³/mol. The average Bonchev–Trinajstić information content (AvgIpc) is 3.39. The molecule has 5 rings (SSSR count). The van der Waals surface area contributed by atoms with Crippen LogP contribution in [0.25, 0.3) is 22.3 Å². The van der Waals surface area contributed by atoms with Gasteiger partial charge in [-0.25, -0.2) is 14.8 Å². The zero-order valence-corrected chi connectivity index (χ0v) is 21.5. The van der Waals surface area contributed by atoms with Crippen LogP contribution in [0.1, 0.15) is 33.6 Å². The first-order chi connectivity index (χ1) is 15.2. The molecule has 0 saturated carbocycles. The topological polar surface area (TPSA) is 81.3 Å². The average molecular weight is 567 g/mol. The number of amides is 1. The van der Waals surface area contributed by atoms with Crippen molar-refractivity contribution in [1.29, 1.82) is 0 Å². The van der Waals surface area contributed by atoms with E-state index >= 15 is 0 Å². The van der Waals surface area contributed by atoms with Crippen LogP contribution in [-0.2, 0) is 11.8 Å². The molecule has 11 heteroatoms. The molecule has 5 heterocycles. The highest BCUT2D eigenvalue weighted by Gasteiger charge is 2.45. The van der Waals surface area contributed by atoms with E-state index in [1.165, 1.54) is 0 Å². The van der Waals surface area contributed by atoms with E-state index in [2.05, 4.69) is 51.2 Å². The number of anilines is 1. The van der Waals surface area contributed by atoms with Gasteiger partial charge in [-0.15, -0.1) is 0 Å². The minimum absolute atomic E-state index is 0.132. The van der Waals surface area contributed by atoms with Crippen LogP contribution < -0.4 is 4.90 Å². The van der Waals surface area contributed by atoms with Gasteiger partial charge in [0.15, 0.2) is 5.65 Å². The molecule has 2 aliphatic heterocycles. The van der Waals surface area contributed by atoms with Crippen LogP contribution in [0.2, 0.25) is 0 Å². The van der Waals surface area contributed by atoms with Crippen molar-refractivity contribution >= 4 is 53.3 Å². The van der Waals surface area contributed by atoms with E-state index in [1.807, 2.05) is 45.1 Å². The van der Waals surface area contributed by atoms with Gasteiger partial charge in [-0.1, -0.05) is 0 Å². The molecule has 0 spiro atoms. The first kappa shape index (κ1) is 21.8. The Balaban J connectivity index is 1.48. The van der Waals surface area contributed by atoms with Gasteiger partial charge in [-0.05, 0) is 39.7 Å². The maximum absolute atomic E-state index is 12.8. The Kier molecular flexibility index (Phi) is 5.51. The Morgan fingerprint density at radius 3 is 2.53 bits per heavy atom. The van der Waals surface area contributed by atoms with Gasteiger partial charge in [0.25, 0.3) is 0 Å². The predicted octanol–water partition coefficient (Wildman–Crippen LogP) is 4.27. The number of hydrogen-bond acceptors (Lipinski definition) is 7. The maximum atomic E-state index is 12.8. The van der Waals surface area contributed by atoms with E-state index in [1.54, 1.807) is 20.1 Å². The Morgan fingerprint density at radius 1 is 1.22 bits per heavy atom. The molecule has 2 saturated heterocycles. The van der Waals surface area contributed by atoms with Gasteiger partial charge in [0, 0.05) is 62.2 Å². The van der Waals surface area contributed by atoms with E-state index in [0.717, 1.165) is 54.0 Å². The van der Waals surface area contributed by atoms with Gasteiger partial charge in [-0.3, -0.25) is 13.6 Å². The van der Waals surface area contributed by atoms with Gasteiger partial charge < -0.3 is 9.64 Å². The van der Waals surface area contributed by atoms with Crippen molar-refractivity contribution in [3.05, 3.63) is 24.8 Å². The van der Waals surface area contributed by atoms with Crippen molar-refractivity contribution in [3.8, 4) is 11.3 Å². The highest BCUT2D eigenvalue weighted by atomic mass is 127. The van der Waals surface area contributed by atoms with Gasteiger partial charge in [-0.2, -0.15) is 5.10 Å². The largest absolute Gasteiger partial charge is 0.444 e. The molecule has 0 aromatic carbocycles. The lowest BCUT2D eigenvalue weighted by Crippen LogP contribution is -2.57. The zero-order valence-electron chi connectivity index (χ0n) is 18.5. The molecule has 3 aromatic heterocycles. The van der Waals surface area contributed by atoms with Crippen molar-refractivity contribution < 1.29 is 9.53 Å². The fraction of sp³-hybridized carbons (Fsp3) is 0.524. The summed E-state index contributed by atoms with van der Waals surface area (Å²) in [5.41, 5.74) is 2.48. The number of carbonyl (C=O) groups excluding carboxylic acids is 1. The van der Waals surface area contributed by atoms with E-state index < -0.39 is 5.60 Å². The molecule has 32 heavy (non-hydrogen) atoms. The number of ether oxygens (including phenoxy) is 1. The van der Waals surface area contributed by atoms with Crippen LogP contribution in [0.4, 0.5) is 10.6 Å². The van der Waals surface area contributed by atoms with Crippen LogP contribution >= 0.6 is 30.3 Å². The smallest absolute Gasteiger partial charge is 0.410 e. The molecule has 2 atom stereocenters. The van der Waals surface area contributed by atoms with E-state index in [-0.39, 0.29) is 18.2 Å². The summed E-state index contributed by atoms with van der Waals surface area (Å²) < 4.78 is 9.60. The number of halogens is 1. The molecule has 3 aromatic rings. The number of rotatable bonds is 3. The summed E-state index contributed by atoms with van der Waals surface area (Å²) in [5.74, 6) is 0.921. The number of aryl methyl sites for hydroxylation is 1. The summed E-state index contributed by atoms with van der Waals surface area (Å²) in [6, 6.07) is 2.41. The van der Waals surface area contributed by atoms with E-state index in [0.29, 0.717) is 0 Å². The second-order valence-corrected chi connectivity index (χ2v) is 11.1. The summed E-state index contributed by atoms with van der Waals surface area (Å²) >= 11 is 2.28. The number of piperazine rings is 1. The van der Waals surface area contributed by atoms with Crippen LogP contribution in [-0.4, -0.2) is 65.5 Å². The molecule has 2 bridgehead atoms. The van der Waals surface area contributed by atoms with Crippen molar-refractivity contribution in [3.63, 3.8) is 0 Å². The number of fused-ring (bicyclic) bond motifs is 3. The van der Waals surface area contributed by atoms with Crippen LogP contribution in [0.3, 0.4) is 0 Å². The summed E-state index contributed by atoms with van der Waals surface area (Å²) in [6.07, 6.45) is 7.27. The highest BCUT2D eigenvalue weighted by molar-refractivity contribution is 14.2. The van der Waals surface area contributed by atoms with Gasteiger partial charge in [0.1, 0.15) is 17.7 Å². The molecule has 2 fully saturated rings. The molecule has 0 aliphatic carbocycles. The zero-order chi connectivity index (χ0) is 22.6. The molecule has 1 amide bonds. The van der Waals surface area contributed by atoms with Crippen molar-refractivity contribution in [1.82, 2.24) is 28.6 Å². The fourth-order valence-electron chi connectivity index (χ4n) is 4.74. The third-order valence-electron chi connectivity index (χ3n) is 5.99. The summed E-state index contributed by atoms with van der Waals surface area (Å²) in [5, 5.41) is 5.34. The highest BCUT2D eigenvalue weighted by Crippen LogP contribution is 2.39. The van der Waals surface area contributed by atoms with Gasteiger partial charge >= 0.3 is 6.09 Å². The van der Waals surface area contributed by atoms with Crippen LogP contribution in [0, 0.1) is 0 Å². The minimum atomic E-state index is -0.491. The number of hydrogen-bond donors (Lipinski definition) is 0. The number of aromatic nitrogens is 5. The van der Waals surface area contributed by atoms with Gasteiger partial charge in [0.2, 0.25) is 0 Å². The lowest BCUT2D eigenvalue weighted by atomic mass is 10.1. The third-order valence-corrected chi connectivity index (χ3v) is 7.68. The van der Waals surface area contributed by atoms with Gasteiger partial charge in [0.05, 0.1) is 29.4 Å². The molecule has 9 nitrogen and oxygen atoms in total. The molecular formula is C21H26IN7O2S. The molecule has 2 unspecified atom stereocenters. The summed E-state index contributed by atoms with van der Waals surface area (Å²) in [7, 11) is 3.50. The second-order valence-electron chi connectivity index (χ2n) is 9.41.